The van der Waals surface area contributed by atoms with Gasteiger partial charge in [-0.2, -0.15) is 11.8 Å². The zero-order valence-corrected chi connectivity index (χ0v) is 18.7. The Morgan fingerprint density at radius 1 is 0.968 bits per heavy atom. The zero-order chi connectivity index (χ0) is 24.0. The van der Waals surface area contributed by atoms with Gasteiger partial charge in [-0.3, -0.25) is 14.4 Å². The molecule has 0 aliphatic carbocycles. The molecule has 10 N–H and O–H groups in total. The molecule has 0 saturated heterocycles. The van der Waals surface area contributed by atoms with E-state index in [1.165, 1.54) is 18.7 Å². The Kier molecular flexibility index (Phi) is 14.8. The van der Waals surface area contributed by atoms with Crippen LogP contribution in [-0.2, 0) is 19.2 Å². The molecule has 5 unspecified atom stereocenters. The zero-order valence-electron chi connectivity index (χ0n) is 17.9. The number of carbonyl (C=O) groups is 4. The Bertz CT molecular complexity index is 594. The van der Waals surface area contributed by atoms with Gasteiger partial charge in [-0.05, 0) is 51.2 Å². The molecule has 31 heavy (non-hydrogen) atoms. The van der Waals surface area contributed by atoms with E-state index in [0.29, 0.717) is 31.6 Å². The van der Waals surface area contributed by atoms with Crippen LogP contribution in [0.2, 0.25) is 0 Å². The summed E-state index contributed by atoms with van der Waals surface area (Å²) < 4.78 is 0. The summed E-state index contributed by atoms with van der Waals surface area (Å²) in [5.74, 6) is -3.12. The Labute approximate surface area is 185 Å². The van der Waals surface area contributed by atoms with E-state index in [2.05, 4.69) is 16.0 Å². The predicted octanol–water partition coefficient (Wildman–Crippen LogP) is -2.89. The summed E-state index contributed by atoms with van der Waals surface area (Å²) in [6.45, 7) is 0.846. The van der Waals surface area contributed by atoms with Crippen molar-refractivity contribution in [1.29, 1.82) is 0 Å². The van der Waals surface area contributed by atoms with E-state index < -0.39 is 60.6 Å². The normalized spacial score (nSPS) is 15.8. The number of thioether (sulfide) groups is 1. The van der Waals surface area contributed by atoms with Crippen LogP contribution in [0.1, 0.15) is 32.6 Å². The molecule has 0 aromatic heterocycles. The molecule has 0 fully saturated rings. The number of aliphatic carboxylic acids is 1. The molecule has 0 aliphatic rings. The number of hydrogen-bond donors (Lipinski definition) is 8. The van der Waals surface area contributed by atoms with Gasteiger partial charge < -0.3 is 42.7 Å². The number of hydrogen-bond acceptors (Lipinski definition) is 9. The lowest BCUT2D eigenvalue weighted by molar-refractivity contribution is -0.143. The van der Waals surface area contributed by atoms with Gasteiger partial charge in [0.15, 0.2) is 0 Å². The molecule has 0 bridgehead atoms. The summed E-state index contributed by atoms with van der Waals surface area (Å²) >= 11 is 1.50. The molecule has 0 aromatic rings. The number of carbonyl (C=O) groups excluding carboxylic acids is 3. The van der Waals surface area contributed by atoms with Crippen LogP contribution in [0.5, 0.6) is 0 Å². The van der Waals surface area contributed by atoms with Gasteiger partial charge in [0, 0.05) is 0 Å². The number of aliphatic hydroxyl groups is 2. The molecule has 0 spiro atoms. The van der Waals surface area contributed by atoms with Gasteiger partial charge in [0.05, 0.1) is 18.8 Å². The number of aliphatic hydroxyl groups excluding tert-OH is 2. The van der Waals surface area contributed by atoms with Gasteiger partial charge in [0.25, 0.3) is 0 Å². The quantitative estimate of drug-likeness (QED) is 0.109. The second-order valence-corrected chi connectivity index (χ2v) is 8.03. The second kappa shape index (κ2) is 15.8. The minimum atomic E-state index is -1.50. The molecule has 13 heteroatoms. The summed E-state index contributed by atoms with van der Waals surface area (Å²) in [5, 5.41) is 35.4. The van der Waals surface area contributed by atoms with E-state index in [0.717, 1.165) is 0 Å². The molecular weight excluding hydrogens is 430 g/mol. The predicted molar refractivity (Wildman–Crippen MR) is 116 cm³/mol. The monoisotopic (exact) mass is 465 g/mol. The highest BCUT2D eigenvalue weighted by atomic mass is 32.2. The number of carboxylic acids is 1. The number of rotatable bonds is 16. The van der Waals surface area contributed by atoms with Crippen LogP contribution in [-0.4, -0.2) is 94.4 Å². The molecule has 0 saturated carbocycles. The third kappa shape index (κ3) is 11.3. The third-order valence-electron chi connectivity index (χ3n) is 4.41. The summed E-state index contributed by atoms with van der Waals surface area (Å²) in [7, 11) is 0. The first kappa shape index (κ1) is 29.1. The average molecular weight is 466 g/mol. The molecule has 0 rings (SSSR count). The van der Waals surface area contributed by atoms with Crippen molar-refractivity contribution in [3.05, 3.63) is 0 Å². The van der Waals surface area contributed by atoms with Crippen molar-refractivity contribution in [3.63, 3.8) is 0 Å². The van der Waals surface area contributed by atoms with E-state index in [9.17, 15) is 34.5 Å². The van der Waals surface area contributed by atoms with Crippen LogP contribution >= 0.6 is 11.8 Å². The summed E-state index contributed by atoms with van der Waals surface area (Å²) in [6, 6.07) is -5.00. The summed E-state index contributed by atoms with van der Waals surface area (Å²) in [5.41, 5.74) is 11.1. The van der Waals surface area contributed by atoms with Crippen molar-refractivity contribution < 1.29 is 34.5 Å². The molecule has 3 amide bonds. The maximum absolute atomic E-state index is 12.5. The van der Waals surface area contributed by atoms with E-state index in [1.807, 2.05) is 6.26 Å². The van der Waals surface area contributed by atoms with E-state index in [1.54, 1.807) is 0 Å². The number of nitrogens with two attached hydrogens (primary N) is 2. The Morgan fingerprint density at radius 3 is 2.06 bits per heavy atom. The van der Waals surface area contributed by atoms with Crippen LogP contribution < -0.4 is 27.4 Å². The van der Waals surface area contributed by atoms with Crippen molar-refractivity contribution in [1.82, 2.24) is 16.0 Å². The van der Waals surface area contributed by atoms with Crippen molar-refractivity contribution in [2.24, 2.45) is 11.5 Å². The Balaban J connectivity index is 5.07. The fourth-order valence-electron chi connectivity index (χ4n) is 2.52. The highest BCUT2D eigenvalue weighted by Gasteiger charge is 2.32. The van der Waals surface area contributed by atoms with E-state index in [4.69, 9.17) is 11.5 Å². The largest absolute Gasteiger partial charge is 0.480 e. The van der Waals surface area contributed by atoms with Crippen LogP contribution in [0, 0.1) is 0 Å². The van der Waals surface area contributed by atoms with Crippen molar-refractivity contribution in [2.45, 2.75) is 62.9 Å². The van der Waals surface area contributed by atoms with Gasteiger partial charge >= 0.3 is 5.97 Å². The number of carboxylic acid groups (broad SMARTS) is 1. The molecule has 180 valence electrons. The first-order valence-corrected chi connectivity index (χ1v) is 11.4. The highest BCUT2D eigenvalue weighted by molar-refractivity contribution is 7.98. The lowest BCUT2D eigenvalue weighted by Crippen LogP contribution is -2.60. The third-order valence-corrected chi connectivity index (χ3v) is 5.05. The SMILES string of the molecule is CSCCC(N)C(=O)NC(CO)C(=O)NC(C(=O)NC(CCCCN)C(=O)O)C(C)O. The van der Waals surface area contributed by atoms with E-state index in [-0.39, 0.29) is 6.42 Å². The summed E-state index contributed by atoms with van der Waals surface area (Å²) in [6.07, 6.45) is 2.01. The van der Waals surface area contributed by atoms with Gasteiger partial charge in [0.1, 0.15) is 18.1 Å². The minimum absolute atomic E-state index is 0.127. The minimum Gasteiger partial charge on any atom is -0.480 e. The van der Waals surface area contributed by atoms with E-state index >= 15 is 0 Å². The molecule has 0 aromatic carbocycles. The molecule has 0 radical (unpaired) electrons. The Hall–Kier alpha value is -1.93. The topological polar surface area (TPSA) is 217 Å². The number of nitrogens with one attached hydrogen (secondary N) is 3. The van der Waals surface area contributed by atoms with Crippen LogP contribution in [0.25, 0.3) is 0 Å². The van der Waals surface area contributed by atoms with Gasteiger partial charge in [-0.15, -0.1) is 0 Å². The fraction of sp³-hybridized carbons (Fsp3) is 0.778. The van der Waals surface area contributed by atoms with Crippen molar-refractivity contribution in [3.8, 4) is 0 Å². The number of amides is 3. The van der Waals surface area contributed by atoms with Gasteiger partial charge in [-0.25, -0.2) is 4.79 Å². The summed E-state index contributed by atoms with van der Waals surface area (Å²) in [4.78, 5) is 48.4. The lowest BCUT2D eigenvalue weighted by Gasteiger charge is -2.26. The molecule has 5 atom stereocenters. The maximum Gasteiger partial charge on any atom is 0.326 e. The fourth-order valence-corrected chi connectivity index (χ4v) is 3.01. The second-order valence-electron chi connectivity index (χ2n) is 7.04. The first-order chi connectivity index (χ1) is 14.6. The number of unbranched alkanes of at least 4 members (excludes halogenated alkanes) is 1. The Morgan fingerprint density at radius 2 is 1.58 bits per heavy atom. The molecule has 12 nitrogen and oxygen atoms in total. The smallest absolute Gasteiger partial charge is 0.326 e. The van der Waals surface area contributed by atoms with Crippen molar-refractivity contribution >= 4 is 35.5 Å². The van der Waals surface area contributed by atoms with Gasteiger partial charge in [0.2, 0.25) is 17.7 Å². The molecule has 0 heterocycles. The molecule has 0 aliphatic heterocycles. The van der Waals surface area contributed by atoms with Crippen molar-refractivity contribution in [2.75, 3.05) is 25.2 Å². The maximum atomic E-state index is 12.5. The molecular formula is C18H35N5O7S. The average Bonchev–Trinajstić information content (AvgIpc) is 2.72. The highest BCUT2D eigenvalue weighted by Crippen LogP contribution is 2.04. The van der Waals surface area contributed by atoms with Gasteiger partial charge in [-0.1, -0.05) is 0 Å². The van der Waals surface area contributed by atoms with Crippen LogP contribution in [0.15, 0.2) is 0 Å². The lowest BCUT2D eigenvalue weighted by atomic mass is 10.1. The standard InChI is InChI=1S/C18H35N5O7S/c1-10(25)14(17(28)21-12(18(29)30)5-3-4-7-19)23-16(27)13(9-24)22-15(26)11(20)6-8-31-2/h10-14,24-25H,3-9,19-20H2,1-2H3,(H,21,28)(H,22,26)(H,23,27)(H,29,30). The van der Waals surface area contributed by atoms with Crippen LogP contribution in [0.3, 0.4) is 0 Å². The first-order valence-electron chi connectivity index (χ1n) is 9.96. The van der Waals surface area contributed by atoms with Crippen LogP contribution in [0.4, 0.5) is 0 Å².